The summed E-state index contributed by atoms with van der Waals surface area (Å²) in [4.78, 5) is 14.7. The van der Waals surface area contributed by atoms with Crippen molar-refractivity contribution in [1.82, 2.24) is 9.47 Å². The molecule has 0 aliphatic carbocycles. The average Bonchev–Trinajstić information content (AvgIpc) is 3.11. The third kappa shape index (κ3) is 5.33. The van der Waals surface area contributed by atoms with Gasteiger partial charge in [0.1, 0.15) is 0 Å². The molecule has 3 rings (SSSR count). The Labute approximate surface area is 162 Å². The maximum absolute atomic E-state index is 12.7. The minimum Gasteiger partial charge on any atom is -0.345 e. The van der Waals surface area contributed by atoms with Gasteiger partial charge in [0.15, 0.2) is 0 Å². The number of benzene rings is 2. The molecular formula is C24H28N2O. The largest absolute Gasteiger partial charge is 0.345 e. The van der Waals surface area contributed by atoms with E-state index in [0.717, 1.165) is 18.7 Å². The van der Waals surface area contributed by atoms with Gasteiger partial charge >= 0.3 is 0 Å². The van der Waals surface area contributed by atoms with Crippen molar-refractivity contribution >= 4 is 5.91 Å². The molecule has 1 heterocycles. The lowest BCUT2D eigenvalue weighted by Gasteiger charge is -2.24. The molecule has 0 atom stereocenters. The first kappa shape index (κ1) is 19.0. The molecule has 3 heteroatoms. The predicted molar refractivity (Wildman–Crippen MR) is 110 cm³/mol. The molecule has 0 unspecified atom stereocenters. The molecule has 0 bridgehead atoms. The third-order valence-electron chi connectivity index (χ3n) is 4.78. The standard InChI is InChI=1S/C24H28N2O/c1-3-8-24(27)26(18-21-9-5-4-6-10-21)19-23-11-7-16-25(23)17-22-14-12-20(2)13-15-22/h4-7,9-16H,3,8,17-19H2,1-2H3. The summed E-state index contributed by atoms with van der Waals surface area (Å²) in [5.74, 6) is 0.212. The SMILES string of the molecule is CCCC(=O)N(Cc1ccccc1)Cc1cccn1Cc1ccc(C)cc1. The van der Waals surface area contributed by atoms with E-state index in [2.05, 4.69) is 73.1 Å². The van der Waals surface area contributed by atoms with Gasteiger partial charge in [0, 0.05) is 31.4 Å². The second kappa shape index (κ2) is 9.22. The van der Waals surface area contributed by atoms with Gasteiger partial charge in [-0.1, -0.05) is 67.1 Å². The quantitative estimate of drug-likeness (QED) is 0.544. The number of hydrogen-bond donors (Lipinski definition) is 0. The summed E-state index contributed by atoms with van der Waals surface area (Å²) < 4.78 is 2.24. The number of rotatable bonds is 8. The first-order valence-electron chi connectivity index (χ1n) is 9.67. The Balaban J connectivity index is 1.76. The van der Waals surface area contributed by atoms with Crippen LogP contribution in [0.1, 0.15) is 42.1 Å². The fourth-order valence-electron chi connectivity index (χ4n) is 3.24. The predicted octanol–water partition coefficient (Wildman–Crippen LogP) is 5.17. The lowest BCUT2D eigenvalue weighted by molar-refractivity contribution is -0.132. The highest BCUT2D eigenvalue weighted by Gasteiger charge is 2.15. The normalized spacial score (nSPS) is 10.7. The Hall–Kier alpha value is -2.81. The van der Waals surface area contributed by atoms with Crippen molar-refractivity contribution in [3.05, 3.63) is 95.3 Å². The molecule has 2 aromatic carbocycles. The number of carbonyl (C=O) groups excluding carboxylic acids is 1. The Morgan fingerprint density at radius 3 is 2.33 bits per heavy atom. The second-order valence-corrected chi connectivity index (χ2v) is 7.10. The van der Waals surface area contributed by atoms with E-state index in [1.807, 2.05) is 23.1 Å². The topological polar surface area (TPSA) is 25.2 Å². The molecule has 1 aromatic heterocycles. The molecule has 0 saturated heterocycles. The second-order valence-electron chi connectivity index (χ2n) is 7.10. The average molecular weight is 361 g/mol. The molecule has 1 amide bonds. The Morgan fingerprint density at radius 1 is 0.889 bits per heavy atom. The number of carbonyl (C=O) groups is 1. The highest BCUT2D eigenvalue weighted by Crippen LogP contribution is 2.15. The van der Waals surface area contributed by atoms with Crippen molar-refractivity contribution in [2.75, 3.05) is 0 Å². The van der Waals surface area contributed by atoms with Gasteiger partial charge in [0.2, 0.25) is 5.91 Å². The third-order valence-corrected chi connectivity index (χ3v) is 4.78. The summed E-state index contributed by atoms with van der Waals surface area (Å²) in [6.45, 7) is 6.26. The fraction of sp³-hybridized carbons (Fsp3) is 0.292. The van der Waals surface area contributed by atoms with Gasteiger partial charge in [-0.15, -0.1) is 0 Å². The summed E-state index contributed by atoms with van der Waals surface area (Å²) in [5, 5.41) is 0. The van der Waals surface area contributed by atoms with Crippen LogP contribution in [0.4, 0.5) is 0 Å². The minimum atomic E-state index is 0.212. The van der Waals surface area contributed by atoms with E-state index in [4.69, 9.17) is 0 Å². The molecule has 0 aliphatic heterocycles. The van der Waals surface area contributed by atoms with Gasteiger partial charge < -0.3 is 9.47 Å². The van der Waals surface area contributed by atoms with Gasteiger partial charge in [0.25, 0.3) is 0 Å². The van der Waals surface area contributed by atoms with Crippen LogP contribution in [-0.2, 0) is 24.4 Å². The zero-order valence-electron chi connectivity index (χ0n) is 16.3. The van der Waals surface area contributed by atoms with Crippen LogP contribution in [-0.4, -0.2) is 15.4 Å². The minimum absolute atomic E-state index is 0.212. The van der Waals surface area contributed by atoms with Gasteiger partial charge in [-0.25, -0.2) is 0 Å². The molecule has 0 fully saturated rings. The molecule has 3 nitrogen and oxygen atoms in total. The van der Waals surface area contributed by atoms with Crippen LogP contribution in [0.2, 0.25) is 0 Å². The van der Waals surface area contributed by atoms with E-state index in [-0.39, 0.29) is 5.91 Å². The Bertz CT molecular complexity index is 850. The summed E-state index contributed by atoms with van der Waals surface area (Å²) in [6, 6.07) is 23.0. The number of aryl methyl sites for hydroxylation is 1. The monoisotopic (exact) mass is 360 g/mol. The van der Waals surface area contributed by atoms with Crippen LogP contribution in [0.5, 0.6) is 0 Å². The van der Waals surface area contributed by atoms with E-state index in [0.29, 0.717) is 19.5 Å². The van der Waals surface area contributed by atoms with E-state index >= 15 is 0 Å². The fourth-order valence-corrected chi connectivity index (χ4v) is 3.24. The van der Waals surface area contributed by atoms with Crippen LogP contribution >= 0.6 is 0 Å². The number of amides is 1. The highest BCUT2D eigenvalue weighted by molar-refractivity contribution is 5.76. The van der Waals surface area contributed by atoms with Crippen LogP contribution in [0, 0.1) is 6.92 Å². The highest BCUT2D eigenvalue weighted by atomic mass is 16.2. The number of aromatic nitrogens is 1. The molecule has 0 aliphatic rings. The van der Waals surface area contributed by atoms with Gasteiger partial charge in [-0.05, 0) is 36.6 Å². The van der Waals surface area contributed by atoms with Crippen LogP contribution in [0.25, 0.3) is 0 Å². The van der Waals surface area contributed by atoms with Crippen molar-refractivity contribution in [2.45, 2.75) is 46.3 Å². The molecule has 0 N–H and O–H groups in total. The van der Waals surface area contributed by atoms with Crippen LogP contribution < -0.4 is 0 Å². The van der Waals surface area contributed by atoms with Crippen molar-refractivity contribution in [3.8, 4) is 0 Å². The van der Waals surface area contributed by atoms with Crippen molar-refractivity contribution in [3.63, 3.8) is 0 Å². The first-order chi connectivity index (χ1) is 13.2. The molecular weight excluding hydrogens is 332 g/mol. The van der Waals surface area contributed by atoms with Crippen LogP contribution in [0.15, 0.2) is 72.9 Å². The number of nitrogens with zero attached hydrogens (tertiary/aromatic N) is 2. The van der Waals surface area contributed by atoms with Gasteiger partial charge in [-0.3, -0.25) is 4.79 Å². The summed E-state index contributed by atoms with van der Waals surface area (Å²) in [7, 11) is 0. The van der Waals surface area contributed by atoms with E-state index in [1.54, 1.807) is 0 Å². The molecule has 0 saturated carbocycles. The van der Waals surface area contributed by atoms with Gasteiger partial charge in [-0.2, -0.15) is 0 Å². The summed E-state index contributed by atoms with van der Waals surface area (Å²) >= 11 is 0. The Morgan fingerprint density at radius 2 is 1.63 bits per heavy atom. The molecule has 27 heavy (non-hydrogen) atoms. The van der Waals surface area contributed by atoms with Crippen molar-refractivity contribution in [2.24, 2.45) is 0 Å². The zero-order valence-corrected chi connectivity index (χ0v) is 16.3. The lowest BCUT2D eigenvalue weighted by Crippen LogP contribution is -2.30. The van der Waals surface area contributed by atoms with Crippen LogP contribution in [0.3, 0.4) is 0 Å². The van der Waals surface area contributed by atoms with Crippen molar-refractivity contribution < 1.29 is 4.79 Å². The van der Waals surface area contributed by atoms with Gasteiger partial charge in [0.05, 0.1) is 6.54 Å². The Kier molecular flexibility index (Phi) is 6.48. The maximum atomic E-state index is 12.7. The molecule has 3 aromatic rings. The van der Waals surface area contributed by atoms with E-state index in [9.17, 15) is 4.79 Å². The molecule has 140 valence electrons. The zero-order chi connectivity index (χ0) is 19.1. The van der Waals surface area contributed by atoms with E-state index in [1.165, 1.54) is 16.7 Å². The van der Waals surface area contributed by atoms with E-state index < -0.39 is 0 Å². The summed E-state index contributed by atoms with van der Waals surface area (Å²) in [6.07, 6.45) is 3.56. The smallest absolute Gasteiger partial charge is 0.223 e. The van der Waals surface area contributed by atoms with Crippen molar-refractivity contribution in [1.29, 1.82) is 0 Å². The molecule has 0 radical (unpaired) electrons. The lowest BCUT2D eigenvalue weighted by atomic mass is 10.1. The molecule has 0 spiro atoms. The maximum Gasteiger partial charge on any atom is 0.223 e. The summed E-state index contributed by atoms with van der Waals surface area (Å²) in [5.41, 5.74) is 4.87. The number of hydrogen-bond acceptors (Lipinski definition) is 1. The first-order valence-corrected chi connectivity index (χ1v) is 9.67.